The van der Waals surface area contributed by atoms with Crippen molar-refractivity contribution < 1.29 is 0 Å². The van der Waals surface area contributed by atoms with Crippen molar-refractivity contribution in [3.8, 4) is 0 Å². The fraction of sp³-hybridized carbons (Fsp3) is 1.00. The van der Waals surface area contributed by atoms with E-state index < -0.39 is 0 Å². The van der Waals surface area contributed by atoms with E-state index in [0.717, 1.165) is 17.7 Å². The lowest BCUT2D eigenvalue weighted by Crippen LogP contribution is -2.53. The van der Waals surface area contributed by atoms with Crippen molar-refractivity contribution in [2.24, 2.45) is 5.92 Å². The van der Waals surface area contributed by atoms with Crippen molar-refractivity contribution in [1.82, 2.24) is 10.2 Å². The molecule has 90 valence electrons. The summed E-state index contributed by atoms with van der Waals surface area (Å²) in [4.78, 5) is 2.62. The van der Waals surface area contributed by atoms with Crippen molar-refractivity contribution in [1.29, 1.82) is 0 Å². The van der Waals surface area contributed by atoms with Gasteiger partial charge in [-0.1, -0.05) is 20.8 Å². The van der Waals surface area contributed by atoms with Gasteiger partial charge in [0, 0.05) is 30.9 Å². The molecule has 1 N–H and O–H groups in total. The minimum Gasteiger partial charge on any atom is -0.311 e. The zero-order chi connectivity index (χ0) is 11.3. The summed E-state index contributed by atoms with van der Waals surface area (Å²) in [7, 11) is 0. The van der Waals surface area contributed by atoms with E-state index in [1.807, 2.05) is 11.8 Å². The Morgan fingerprint density at radius 1 is 1.40 bits per heavy atom. The van der Waals surface area contributed by atoms with E-state index in [9.17, 15) is 0 Å². The van der Waals surface area contributed by atoms with Gasteiger partial charge in [-0.25, -0.2) is 0 Å². The lowest BCUT2D eigenvalue weighted by molar-refractivity contribution is 0.174. The molecule has 15 heavy (non-hydrogen) atoms. The summed E-state index contributed by atoms with van der Waals surface area (Å²) in [6.45, 7) is 11.8. The molecule has 0 aromatic rings. The van der Waals surface area contributed by atoms with E-state index in [2.05, 4.69) is 37.2 Å². The van der Waals surface area contributed by atoms with Crippen LogP contribution in [0.3, 0.4) is 0 Å². The highest BCUT2D eigenvalue weighted by Gasteiger charge is 2.21. The molecule has 1 aliphatic heterocycles. The molecule has 0 aromatic heterocycles. The van der Waals surface area contributed by atoms with Gasteiger partial charge in [0.1, 0.15) is 0 Å². The van der Waals surface area contributed by atoms with Crippen LogP contribution >= 0.6 is 11.8 Å². The van der Waals surface area contributed by atoms with E-state index in [1.54, 1.807) is 0 Å². The Kier molecular flexibility index (Phi) is 6.02. The molecule has 0 saturated carbocycles. The van der Waals surface area contributed by atoms with Crippen molar-refractivity contribution in [3.05, 3.63) is 0 Å². The Hall–Kier alpha value is 0.270. The Balaban J connectivity index is 2.24. The van der Waals surface area contributed by atoms with Crippen LogP contribution < -0.4 is 5.32 Å². The quantitative estimate of drug-likeness (QED) is 0.778. The van der Waals surface area contributed by atoms with Gasteiger partial charge in [-0.2, -0.15) is 11.8 Å². The normalized spacial score (nSPS) is 25.8. The molecule has 1 rings (SSSR count). The van der Waals surface area contributed by atoms with E-state index in [-0.39, 0.29) is 0 Å². The zero-order valence-corrected chi connectivity index (χ0v) is 11.4. The predicted octanol–water partition coefficient (Wildman–Crippen LogP) is 2.06. The first-order valence-corrected chi connectivity index (χ1v) is 7.40. The second-order valence-corrected chi connectivity index (χ2v) is 6.22. The van der Waals surface area contributed by atoms with Gasteiger partial charge in [0.15, 0.2) is 0 Å². The second kappa shape index (κ2) is 6.77. The first-order chi connectivity index (χ1) is 7.13. The standard InChI is InChI=1S/C12H26N2S/c1-10(2)12-9-14(8-6-13-12)7-5-11(3)15-4/h10-13H,5-9H2,1-4H3. The molecule has 0 spiro atoms. The first-order valence-electron chi connectivity index (χ1n) is 6.12. The molecule has 0 aliphatic carbocycles. The predicted molar refractivity (Wildman–Crippen MR) is 70.7 cm³/mol. The van der Waals surface area contributed by atoms with Crippen LogP contribution in [0, 0.1) is 5.92 Å². The lowest BCUT2D eigenvalue weighted by Gasteiger charge is -2.36. The molecule has 1 fully saturated rings. The molecule has 0 bridgehead atoms. The molecular weight excluding hydrogens is 204 g/mol. The van der Waals surface area contributed by atoms with Crippen LogP contribution in [0.4, 0.5) is 0 Å². The van der Waals surface area contributed by atoms with Crippen molar-refractivity contribution in [2.45, 2.75) is 38.5 Å². The summed E-state index contributed by atoms with van der Waals surface area (Å²) in [5.74, 6) is 0.755. The van der Waals surface area contributed by atoms with E-state index >= 15 is 0 Å². The molecule has 3 heteroatoms. The number of nitrogens with one attached hydrogen (secondary N) is 1. The molecule has 0 radical (unpaired) electrons. The summed E-state index contributed by atoms with van der Waals surface area (Å²) in [5.41, 5.74) is 0. The lowest BCUT2D eigenvalue weighted by atomic mass is 10.0. The Bertz CT molecular complexity index is 173. The van der Waals surface area contributed by atoms with Crippen LogP contribution in [0.5, 0.6) is 0 Å². The molecular formula is C12H26N2S. The van der Waals surface area contributed by atoms with Crippen molar-refractivity contribution in [2.75, 3.05) is 32.4 Å². The topological polar surface area (TPSA) is 15.3 Å². The van der Waals surface area contributed by atoms with E-state index in [4.69, 9.17) is 0 Å². The highest BCUT2D eigenvalue weighted by molar-refractivity contribution is 7.99. The van der Waals surface area contributed by atoms with Gasteiger partial charge in [0.25, 0.3) is 0 Å². The van der Waals surface area contributed by atoms with Gasteiger partial charge >= 0.3 is 0 Å². The highest BCUT2D eigenvalue weighted by atomic mass is 32.2. The molecule has 2 atom stereocenters. The van der Waals surface area contributed by atoms with Gasteiger partial charge in [-0.05, 0) is 25.1 Å². The summed E-state index contributed by atoms with van der Waals surface area (Å²) in [6.07, 6.45) is 3.53. The molecule has 2 unspecified atom stereocenters. The summed E-state index contributed by atoms with van der Waals surface area (Å²) in [6, 6.07) is 0.698. The van der Waals surface area contributed by atoms with Gasteiger partial charge in [0.2, 0.25) is 0 Å². The molecule has 0 amide bonds. The van der Waals surface area contributed by atoms with E-state index in [0.29, 0.717) is 6.04 Å². The molecule has 2 nitrogen and oxygen atoms in total. The van der Waals surface area contributed by atoms with Gasteiger partial charge < -0.3 is 10.2 Å². The Morgan fingerprint density at radius 3 is 2.73 bits per heavy atom. The maximum Gasteiger partial charge on any atom is 0.0218 e. The SMILES string of the molecule is CSC(C)CCN1CCNC(C(C)C)C1. The van der Waals surface area contributed by atoms with E-state index in [1.165, 1.54) is 26.1 Å². The van der Waals surface area contributed by atoms with Gasteiger partial charge in [-0.15, -0.1) is 0 Å². The number of hydrogen-bond acceptors (Lipinski definition) is 3. The average molecular weight is 230 g/mol. The van der Waals surface area contributed by atoms with Crippen LogP contribution in [0.15, 0.2) is 0 Å². The average Bonchev–Trinajstić information content (AvgIpc) is 2.26. The number of nitrogens with zero attached hydrogens (tertiary/aromatic N) is 1. The van der Waals surface area contributed by atoms with Crippen LogP contribution in [0.25, 0.3) is 0 Å². The van der Waals surface area contributed by atoms with Crippen molar-refractivity contribution >= 4 is 11.8 Å². The van der Waals surface area contributed by atoms with Crippen LogP contribution in [-0.2, 0) is 0 Å². The third-order valence-electron chi connectivity index (χ3n) is 3.35. The monoisotopic (exact) mass is 230 g/mol. The number of thioether (sulfide) groups is 1. The second-order valence-electron chi connectivity index (χ2n) is 4.94. The summed E-state index contributed by atoms with van der Waals surface area (Å²) < 4.78 is 0. The van der Waals surface area contributed by atoms with Crippen LogP contribution in [0.2, 0.25) is 0 Å². The maximum atomic E-state index is 3.60. The molecule has 0 aromatic carbocycles. The van der Waals surface area contributed by atoms with Crippen LogP contribution in [0.1, 0.15) is 27.2 Å². The smallest absolute Gasteiger partial charge is 0.0218 e. The third-order valence-corrected chi connectivity index (χ3v) is 4.39. The van der Waals surface area contributed by atoms with Crippen LogP contribution in [-0.4, -0.2) is 48.6 Å². The van der Waals surface area contributed by atoms with Gasteiger partial charge in [-0.3, -0.25) is 0 Å². The molecule has 1 saturated heterocycles. The number of piperazine rings is 1. The van der Waals surface area contributed by atoms with Crippen molar-refractivity contribution in [3.63, 3.8) is 0 Å². The Morgan fingerprint density at radius 2 is 2.13 bits per heavy atom. The summed E-state index contributed by atoms with van der Waals surface area (Å²) in [5, 5.41) is 4.41. The minimum atomic E-state index is 0.698. The molecule has 1 aliphatic rings. The first kappa shape index (κ1) is 13.3. The highest BCUT2D eigenvalue weighted by Crippen LogP contribution is 2.13. The largest absolute Gasteiger partial charge is 0.311 e. The fourth-order valence-electron chi connectivity index (χ4n) is 1.97. The fourth-order valence-corrected chi connectivity index (χ4v) is 2.32. The van der Waals surface area contributed by atoms with Gasteiger partial charge in [0.05, 0.1) is 0 Å². The zero-order valence-electron chi connectivity index (χ0n) is 10.6. The number of rotatable bonds is 5. The minimum absolute atomic E-state index is 0.698. The number of hydrogen-bond donors (Lipinski definition) is 1. The third kappa shape index (κ3) is 4.75. The maximum absolute atomic E-state index is 3.60. The summed E-state index contributed by atoms with van der Waals surface area (Å²) >= 11 is 1.98. The molecule has 1 heterocycles. The Labute approximate surface area is 99.2 Å².